The van der Waals surface area contributed by atoms with Crippen LogP contribution in [-0.2, 0) is 27.3 Å². The zero-order valence-corrected chi connectivity index (χ0v) is 17.7. The van der Waals surface area contributed by atoms with Crippen LogP contribution < -0.4 is 4.74 Å². The lowest BCUT2D eigenvalue weighted by Crippen LogP contribution is -2.46. The Morgan fingerprint density at radius 3 is 2.57 bits per heavy atom. The van der Waals surface area contributed by atoms with Gasteiger partial charge in [0.05, 0.1) is 7.11 Å². The summed E-state index contributed by atoms with van der Waals surface area (Å²) >= 11 is 0. The number of phenols is 1. The molecule has 30 heavy (non-hydrogen) atoms. The topological polar surface area (TPSA) is 85.3 Å². The van der Waals surface area contributed by atoms with E-state index in [0.29, 0.717) is 29.8 Å². The second-order valence-electron chi connectivity index (χ2n) is 8.13. The normalized spacial score (nSPS) is 15.9. The van der Waals surface area contributed by atoms with Gasteiger partial charge in [0.1, 0.15) is 23.7 Å². The number of carbonyl (C=O) groups excluding carboxylic acids is 2. The molecule has 1 N–H and O–H groups in total. The minimum absolute atomic E-state index is 0.175. The quantitative estimate of drug-likeness (QED) is 0.763. The highest BCUT2D eigenvalue weighted by Crippen LogP contribution is 2.34. The smallest absolute Gasteiger partial charge is 0.411 e. The largest absolute Gasteiger partial charge is 0.508 e. The van der Waals surface area contributed by atoms with Gasteiger partial charge in [-0.15, -0.1) is 0 Å². The molecular formula is C23H27NO6. The van der Waals surface area contributed by atoms with Crippen molar-refractivity contribution in [1.29, 1.82) is 0 Å². The van der Waals surface area contributed by atoms with Crippen LogP contribution >= 0.6 is 0 Å². The lowest BCUT2D eigenvalue weighted by Gasteiger charge is -2.36. The van der Waals surface area contributed by atoms with Crippen molar-refractivity contribution < 1.29 is 28.9 Å². The molecule has 0 spiro atoms. The van der Waals surface area contributed by atoms with E-state index in [-0.39, 0.29) is 12.4 Å². The van der Waals surface area contributed by atoms with E-state index >= 15 is 0 Å². The third kappa shape index (κ3) is 4.84. The molecule has 3 rings (SSSR count). The van der Waals surface area contributed by atoms with Crippen LogP contribution in [0.4, 0.5) is 4.79 Å². The van der Waals surface area contributed by atoms with Gasteiger partial charge in [-0.1, -0.05) is 24.3 Å². The van der Waals surface area contributed by atoms with E-state index in [2.05, 4.69) is 0 Å². The Morgan fingerprint density at radius 2 is 1.90 bits per heavy atom. The van der Waals surface area contributed by atoms with Crippen LogP contribution in [0.25, 0.3) is 0 Å². The molecule has 0 bridgehead atoms. The third-order valence-electron chi connectivity index (χ3n) is 4.78. The Balaban J connectivity index is 1.82. The second kappa shape index (κ2) is 8.65. The molecule has 0 saturated heterocycles. The summed E-state index contributed by atoms with van der Waals surface area (Å²) in [5, 5.41) is 9.88. The number of rotatable bonds is 4. The molecule has 1 aliphatic heterocycles. The molecule has 7 nitrogen and oxygen atoms in total. The van der Waals surface area contributed by atoms with Crippen molar-refractivity contribution in [1.82, 2.24) is 4.90 Å². The number of hydrogen-bond donors (Lipinski definition) is 1. The van der Waals surface area contributed by atoms with Crippen molar-refractivity contribution in [3.05, 3.63) is 59.2 Å². The van der Waals surface area contributed by atoms with Crippen LogP contribution in [0.5, 0.6) is 11.5 Å². The predicted octanol–water partition coefficient (Wildman–Crippen LogP) is 3.98. The Labute approximate surface area is 176 Å². The summed E-state index contributed by atoms with van der Waals surface area (Å²) in [5.74, 6) is 0.269. The number of aromatic hydroxyl groups is 1. The fraction of sp³-hybridized carbons (Fsp3) is 0.391. The Morgan fingerprint density at radius 1 is 1.17 bits per heavy atom. The number of esters is 1. The maximum Gasteiger partial charge on any atom is 0.411 e. The van der Waals surface area contributed by atoms with E-state index in [1.807, 2.05) is 12.1 Å². The average molecular weight is 413 g/mol. The van der Waals surface area contributed by atoms with Crippen molar-refractivity contribution in [3.63, 3.8) is 0 Å². The van der Waals surface area contributed by atoms with Crippen LogP contribution in [0.15, 0.2) is 42.5 Å². The molecule has 0 aliphatic carbocycles. The molecule has 160 valence electrons. The number of ether oxygens (including phenoxy) is 3. The average Bonchev–Trinajstić information content (AvgIpc) is 2.70. The number of nitrogens with zero attached hydrogens (tertiary/aromatic N) is 1. The fourth-order valence-electron chi connectivity index (χ4n) is 3.37. The van der Waals surface area contributed by atoms with E-state index in [0.717, 1.165) is 5.56 Å². The van der Waals surface area contributed by atoms with Gasteiger partial charge in [0.25, 0.3) is 0 Å². The Hall–Kier alpha value is -3.22. The van der Waals surface area contributed by atoms with Crippen molar-refractivity contribution in [3.8, 4) is 11.5 Å². The van der Waals surface area contributed by atoms with Crippen LogP contribution in [-0.4, -0.2) is 41.3 Å². The van der Waals surface area contributed by atoms with Gasteiger partial charge < -0.3 is 19.3 Å². The first-order valence-electron chi connectivity index (χ1n) is 9.79. The minimum Gasteiger partial charge on any atom is -0.508 e. The molecule has 0 fully saturated rings. The highest BCUT2D eigenvalue weighted by Gasteiger charge is 2.39. The number of carbonyl (C=O) groups is 2. The standard InChI is InChI=1S/C23H27NO6/c1-23(2,3)30-22(27)24-12-11-15-13-17(9-10-18(15)20(24)21(26)28-4)29-14-16-7-5-6-8-19(16)25/h5-10,13,20,25H,11-12,14H2,1-4H3/t20-/m1/s1. The monoisotopic (exact) mass is 413 g/mol. The molecule has 2 aromatic rings. The van der Waals surface area contributed by atoms with Gasteiger partial charge in [0.15, 0.2) is 6.04 Å². The molecule has 1 atom stereocenters. The predicted molar refractivity (Wildman–Crippen MR) is 110 cm³/mol. The SMILES string of the molecule is COC(=O)[C@H]1c2ccc(OCc3ccccc3O)cc2CCN1C(=O)OC(C)(C)C. The second-order valence-corrected chi connectivity index (χ2v) is 8.13. The number of fused-ring (bicyclic) bond motifs is 1. The van der Waals surface area contributed by atoms with Gasteiger partial charge in [-0.3, -0.25) is 4.90 Å². The highest BCUT2D eigenvalue weighted by molar-refractivity contribution is 5.84. The lowest BCUT2D eigenvalue weighted by molar-refractivity contribution is -0.147. The van der Waals surface area contributed by atoms with Crippen molar-refractivity contribution >= 4 is 12.1 Å². The fourth-order valence-corrected chi connectivity index (χ4v) is 3.37. The maximum absolute atomic E-state index is 12.7. The summed E-state index contributed by atoms with van der Waals surface area (Å²) in [5.41, 5.74) is 1.60. The first-order chi connectivity index (χ1) is 14.2. The number of hydrogen-bond acceptors (Lipinski definition) is 6. The van der Waals surface area contributed by atoms with Gasteiger partial charge in [-0.05, 0) is 56.5 Å². The Kier molecular flexibility index (Phi) is 6.20. The maximum atomic E-state index is 12.7. The number of para-hydroxylation sites is 1. The molecule has 2 aromatic carbocycles. The molecule has 7 heteroatoms. The molecule has 1 aliphatic rings. The first-order valence-corrected chi connectivity index (χ1v) is 9.79. The van der Waals surface area contributed by atoms with Gasteiger partial charge in [0.2, 0.25) is 0 Å². The summed E-state index contributed by atoms with van der Waals surface area (Å²) in [6.07, 6.45) is -0.000934. The number of phenolic OH excluding ortho intramolecular Hbond substituents is 1. The zero-order chi connectivity index (χ0) is 21.9. The van der Waals surface area contributed by atoms with Crippen LogP contribution in [0, 0.1) is 0 Å². The van der Waals surface area contributed by atoms with Crippen LogP contribution in [0.2, 0.25) is 0 Å². The first kappa shape index (κ1) is 21.5. The van der Waals surface area contributed by atoms with Crippen molar-refractivity contribution in [2.75, 3.05) is 13.7 Å². The minimum atomic E-state index is -0.874. The molecule has 0 radical (unpaired) electrons. The van der Waals surface area contributed by atoms with Crippen molar-refractivity contribution in [2.24, 2.45) is 0 Å². The van der Waals surface area contributed by atoms with E-state index in [4.69, 9.17) is 14.2 Å². The van der Waals surface area contributed by atoms with E-state index in [1.165, 1.54) is 12.0 Å². The van der Waals surface area contributed by atoms with E-state index < -0.39 is 23.7 Å². The number of amides is 1. The summed E-state index contributed by atoms with van der Waals surface area (Å²) < 4.78 is 16.2. The van der Waals surface area contributed by atoms with Crippen molar-refractivity contribution in [2.45, 2.75) is 45.4 Å². The van der Waals surface area contributed by atoms with E-state index in [1.54, 1.807) is 51.1 Å². The summed E-state index contributed by atoms with van der Waals surface area (Å²) in [4.78, 5) is 26.6. The molecule has 1 amide bonds. The molecular weight excluding hydrogens is 386 g/mol. The summed E-state index contributed by atoms with van der Waals surface area (Å²) in [6, 6.07) is 11.5. The molecule has 0 unspecified atom stereocenters. The third-order valence-corrected chi connectivity index (χ3v) is 4.78. The Bertz CT molecular complexity index is 934. The number of methoxy groups -OCH3 is 1. The summed E-state index contributed by atoms with van der Waals surface area (Å²) in [6.45, 7) is 5.89. The lowest BCUT2D eigenvalue weighted by atomic mass is 9.92. The van der Waals surface area contributed by atoms with E-state index in [9.17, 15) is 14.7 Å². The van der Waals surface area contributed by atoms with Crippen LogP contribution in [0.3, 0.4) is 0 Å². The molecule has 0 aromatic heterocycles. The van der Waals surface area contributed by atoms with Gasteiger partial charge in [-0.25, -0.2) is 9.59 Å². The van der Waals surface area contributed by atoms with Gasteiger partial charge >= 0.3 is 12.1 Å². The molecule has 1 heterocycles. The number of benzene rings is 2. The molecule has 0 saturated carbocycles. The highest BCUT2D eigenvalue weighted by atomic mass is 16.6. The summed E-state index contributed by atoms with van der Waals surface area (Å²) in [7, 11) is 1.30. The zero-order valence-electron chi connectivity index (χ0n) is 17.7. The van der Waals surface area contributed by atoms with Gasteiger partial charge in [0, 0.05) is 12.1 Å². The van der Waals surface area contributed by atoms with Crippen LogP contribution in [0.1, 0.15) is 43.5 Å². The van der Waals surface area contributed by atoms with Gasteiger partial charge in [-0.2, -0.15) is 0 Å².